The van der Waals surface area contributed by atoms with Crippen LogP contribution < -0.4 is 10.2 Å². The summed E-state index contributed by atoms with van der Waals surface area (Å²) in [5.41, 5.74) is -4.84. The van der Waals surface area contributed by atoms with E-state index < -0.39 is 32.0 Å². The third kappa shape index (κ3) is 4.55. The summed E-state index contributed by atoms with van der Waals surface area (Å²) in [5, 5.41) is 2.69. The maximum absolute atomic E-state index is 13.5. The summed E-state index contributed by atoms with van der Waals surface area (Å²) >= 11 is 0. The number of halogens is 4. The molecule has 0 saturated carbocycles. The van der Waals surface area contributed by atoms with E-state index in [0.29, 0.717) is 24.7 Å². The number of nitrogens with one attached hydrogen (secondary N) is 1. The first-order valence-corrected chi connectivity index (χ1v) is 10.6. The molecule has 0 spiro atoms. The lowest BCUT2D eigenvalue weighted by Gasteiger charge is -2.34. The van der Waals surface area contributed by atoms with E-state index in [2.05, 4.69) is 10.3 Å². The lowest BCUT2D eigenvalue weighted by atomic mass is 9.95. The molecule has 3 rings (SSSR count). The van der Waals surface area contributed by atoms with Crippen molar-refractivity contribution in [3.05, 3.63) is 47.9 Å². The zero-order valence-electron chi connectivity index (χ0n) is 15.9. The van der Waals surface area contributed by atoms with E-state index in [4.69, 9.17) is 0 Å². The number of piperidine rings is 1. The third-order valence-electron chi connectivity index (χ3n) is 4.89. The number of nitrogens with zero attached hydrogens (tertiary/aromatic N) is 2. The molecule has 162 valence electrons. The Labute approximate surface area is 170 Å². The summed E-state index contributed by atoms with van der Waals surface area (Å²) in [6.07, 6.45) is 2.19. The van der Waals surface area contributed by atoms with Gasteiger partial charge < -0.3 is 10.2 Å². The Morgan fingerprint density at radius 1 is 1.17 bits per heavy atom. The molecule has 6 nitrogen and oxygen atoms in total. The first-order valence-electron chi connectivity index (χ1n) is 9.08. The molecular weight excluding hydrogens is 426 g/mol. The smallest absolute Gasteiger partial charge is 0.370 e. The number of alkyl halides is 3. The van der Waals surface area contributed by atoms with Crippen molar-refractivity contribution in [2.45, 2.75) is 30.2 Å². The van der Waals surface area contributed by atoms with Crippen LogP contribution in [0.3, 0.4) is 0 Å². The van der Waals surface area contributed by atoms with Crippen LogP contribution in [-0.2, 0) is 14.6 Å². The van der Waals surface area contributed by atoms with E-state index in [0.717, 1.165) is 17.7 Å². The average Bonchev–Trinajstić information content (AvgIpc) is 2.69. The Hall–Kier alpha value is -2.69. The Morgan fingerprint density at radius 2 is 1.83 bits per heavy atom. The lowest BCUT2D eigenvalue weighted by molar-refractivity contribution is -0.120. The van der Waals surface area contributed by atoms with Crippen LogP contribution in [-0.4, -0.2) is 37.9 Å². The maximum Gasteiger partial charge on any atom is 0.501 e. The molecular formula is C19H19F4N3O3S. The average molecular weight is 445 g/mol. The molecule has 30 heavy (non-hydrogen) atoms. The van der Waals surface area contributed by atoms with Gasteiger partial charge in [0.2, 0.25) is 5.91 Å². The van der Waals surface area contributed by atoms with Crippen molar-refractivity contribution in [1.82, 2.24) is 4.98 Å². The lowest BCUT2D eigenvalue weighted by Crippen LogP contribution is -2.39. The highest BCUT2D eigenvalue weighted by Gasteiger charge is 2.48. The van der Waals surface area contributed by atoms with Crippen LogP contribution in [0.1, 0.15) is 18.4 Å². The molecule has 1 N–H and O–H groups in total. The number of hydrogen-bond donors (Lipinski definition) is 1. The molecule has 1 fully saturated rings. The van der Waals surface area contributed by atoms with Gasteiger partial charge in [0.05, 0.1) is 5.69 Å². The predicted molar refractivity (Wildman–Crippen MR) is 102 cm³/mol. The Balaban J connectivity index is 1.74. The SMILES string of the molecule is Cc1ccc(NC(=O)C2CCN(c3ccc(F)cc3S(=O)(=O)C(F)(F)F)CC2)nc1. The second kappa shape index (κ2) is 8.21. The van der Waals surface area contributed by atoms with Gasteiger partial charge in [-0.1, -0.05) is 6.07 Å². The fourth-order valence-electron chi connectivity index (χ4n) is 3.24. The van der Waals surface area contributed by atoms with Gasteiger partial charge in [-0.2, -0.15) is 13.2 Å². The van der Waals surface area contributed by atoms with Crippen LogP contribution in [0.2, 0.25) is 0 Å². The second-order valence-electron chi connectivity index (χ2n) is 7.03. The first-order chi connectivity index (χ1) is 14.0. The molecule has 1 saturated heterocycles. The van der Waals surface area contributed by atoms with Gasteiger partial charge in [-0.3, -0.25) is 4.79 Å². The van der Waals surface area contributed by atoms with Crippen molar-refractivity contribution >= 4 is 27.2 Å². The number of aromatic nitrogens is 1. The number of amides is 1. The van der Waals surface area contributed by atoms with Crippen LogP contribution in [0.25, 0.3) is 0 Å². The Morgan fingerprint density at radius 3 is 2.40 bits per heavy atom. The summed E-state index contributed by atoms with van der Waals surface area (Å²) in [5.74, 6) is -1.37. The van der Waals surface area contributed by atoms with Gasteiger partial charge in [0.1, 0.15) is 16.5 Å². The highest BCUT2D eigenvalue weighted by atomic mass is 32.2. The number of rotatable bonds is 4. The van der Waals surface area contributed by atoms with Gasteiger partial charge in [-0.15, -0.1) is 0 Å². The van der Waals surface area contributed by atoms with E-state index in [9.17, 15) is 30.8 Å². The largest absolute Gasteiger partial charge is 0.501 e. The molecule has 0 radical (unpaired) electrons. The van der Waals surface area contributed by atoms with E-state index in [-0.39, 0.29) is 24.7 Å². The van der Waals surface area contributed by atoms with Gasteiger partial charge in [0.15, 0.2) is 0 Å². The van der Waals surface area contributed by atoms with Gasteiger partial charge >= 0.3 is 5.51 Å². The van der Waals surface area contributed by atoms with Gasteiger partial charge in [-0.05, 0) is 49.6 Å². The van der Waals surface area contributed by atoms with Crippen molar-refractivity contribution in [3.63, 3.8) is 0 Å². The van der Waals surface area contributed by atoms with Crippen LogP contribution in [0, 0.1) is 18.7 Å². The second-order valence-corrected chi connectivity index (χ2v) is 8.94. The summed E-state index contributed by atoms with van der Waals surface area (Å²) in [4.78, 5) is 16.8. The molecule has 1 aromatic carbocycles. The fourth-order valence-corrected chi connectivity index (χ4v) is 4.23. The number of carbonyl (C=O) groups is 1. The monoisotopic (exact) mass is 445 g/mol. The number of sulfone groups is 1. The highest BCUT2D eigenvalue weighted by molar-refractivity contribution is 7.92. The zero-order valence-corrected chi connectivity index (χ0v) is 16.7. The molecule has 0 bridgehead atoms. The van der Waals surface area contributed by atoms with Crippen molar-refractivity contribution in [1.29, 1.82) is 0 Å². The summed E-state index contributed by atoms with van der Waals surface area (Å²) < 4.78 is 76.3. The van der Waals surface area contributed by atoms with Crippen LogP contribution in [0.15, 0.2) is 41.4 Å². The van der Waals surface area contributed by atoms with Crippen molar-refractivity contribution in [2.24, 2.45) is 5.92 Å². The third-order valence-corrected chi connectivity index (χ3v) is 6.40. The molecule has 2 aromatic rings. The molecule has 2 heterocycles. The van der Waals surface area contributed by atoms with Gasteiger partial charge in [-0.25, -0.2) is 17.8 Å². The van der Waals surface area contributed by atoms with Crippen LogP contribution in [0.4, 0.5) is 29.1 Å². The number of pyridine rings is 1. The molecule has 1 aliphatic heterocycles. The van der Waals surface area contributed by atoms with Crippen molar-refractivity contribution < 1.29 is 30.8 Å². The topological polar surface area (TPSA) is 79.4 Å². The first kappa shape index (κ1) is 22.0. The predicted octanol–water partition coefficient (Wildman–Crippen LogP) is 3.68. The maximum atomic E-state index is 13.5. The molecule has 0 aliphatic carbocycles. The number of benzene rings is 1. The number of hydrogen-bond acceptors (Lipinski definition) is 5. The zero-order chi connectivity index (χ0) is 22.1. The molecule has 1 aliphatic rings. The van der Waals surface area contributed by atoms with Crippen molar-refractivity contribution in [2.75, 3.05) is 23.3 Å². The van der Waals surface area contributed by atoms with E-state index in [1.165, 1.54) is 4.90 Å². The summed E-state index contributed by atoms with van der Waals surface area (Å²) in [6, 6.07) is 5.76. The molecule has 0 atom stereocenters. The number of aryl methyl sites for hydroxylation is 1. The molecule has 0 unspecified atom stereocenters. The minimum Gasteiger partial charge on any atom is -0.370 e. The molecule has 1 amide bonds. The molecule has 11 heteroatoms. The van der Waals surface area contributed by atoms with Gasteiger partial charge in [0, 0.05) is 25.2 Å². The fraction of sp³-hybridized carbons (Fsp3) is 0.368. The van der Waals surface area contributed by atoms with E-state index in [1.54, 1.807) is 18.3 Å². The Bertz CT molecular complexity index is 1030. The molecule has 1 aromatic heterocycles. The summed E-state index contributed by atoms with van der Waals surface area (Å²) in [6.45, 7) is 2.15. The van der Waals surface area contributed by atoms with E-state index >= 15 is 0 Å². The minimum absolute atomic E-state index is 0.144. The summed E-state index contributed by atoms with van der Waals surface area (Å²) in [7, 11) is -5.72. The Kier molecular flexibility index (Phi) is 6.02. The van der Waals surface area contributed by atoms with Gasteiger partial charge in [0.25, 0.3) is 9.84 Å². The van der Waals surface area contributed by atoms with E-state index in [1.807, 2.05) is 6.92 Å². The highest BCUT2D eigenvalue weighted by Crippen LogP contribution is 2.37. The normalized spacial score (nSPS) is 15.8. The van der Waals surface area contributed by atoms with Crippen molar-refractivity contribution in [3.8, 4) is 0 Å². The number of carbonyl (C=O) groups excluding carboxylic acids is 1. The standard InChI is InChI=1S/C19H19F4N3O3S/c1-12-2-5-17(24-11-12)25-18(27)13-6-8-26(9-7-13)15-4-3-14(20)10-16(15)30(28,29)19(21,22)23/h2-5,10-11,13H,6-9H2,1H3,(H,24,25,27). The van der Waals surface area contributed by atoms with Crippen LogP contribution in [0.5, 0.6) is 0 Å². The quantitative estimate of drug-likeness (QED) is 0.727. The minimum atomic E-state index is -5.72. The van der Waals surface area contributed by atoms with Crippen LogP contribution >= 0.6 is 0 Å². The number of anilines is 2.